The first-order valence-corrected chi connectivity index (χ1v) is 41.4. The molecule has 20 rings (SSSR count). The zero-order valence-electron chi connectivity index (χ0n) is 73.0. The van der Waals surface area contributed by atoms with Crippen LogP contribution in [0.3, 0.4) is 0 Å². The molecule has 7 aromatic carbocycles. The third-order valence-corrected chi connectivity index (χ3v) is 21.7. The van der Waals surface area contributed by atoms with Crippen LogP contribution in [-0.4, -0.2) is 72.7 Å². The van der Waals surface area contributed by atoms with Crippen LogP contribution in [-0.2, 0) is 60.3 Å². The molecular formula is C109H92Ir3N16-6. The zero-order chi connectivity index (χ0) is 86.9. The van der Waals surface area contributed by atoms with Gasteiger partial charge < -0.3 is 37.8 Å². The van der Waals surface area contributed by atoms with Gasteiger partial charge in [-0.3, -0.25) is 39.7 Å². The van der Waals surface area contributed by atoms with Gasteiger partial charge in [-0.2, -0.15) is 6.07 Å². The zero-order valence-corrected chi connectivity index (χ0v) is 80.2. The number of imidazole rings is 2. The van der Waals surface area contributed by atoms with Crippen molar-refractivity contribution >= 4 is 38.4 Å². The van der Waals surface area contributed by atoms with E-state index in [-0.39, 0.29) is 60.3 Å². The number of para-hydroxylation sites is 3. The molecule has 0 amide bonds. The smallest absolute Gasteiger partial charge is 0.109 e. The number of benzene rings is 7. The number of hydrogen-bond acceptors (Lipinski definition) is 10. The maximum Gasteiger partial charge on any atom is 0.109 e. The largest absolute Gasteiger partial charge is 0.429 e. The molecule has 0 N–H and O–H groups in total. The fourth-order valence-corrected chi connectivity index (χ4v) is 15.7. The molecule has 641 valence electrons. The summed E-state index contributed by atoms with van der Waals surface area (Å²) < 4.78 is 10.2. The van der Waals surface area contributed by atoms with Crippen molar-refractivity contribution in [1.29, 1.82) is 0 Å². The van der Waals surface area contributed by atoms with Crippen molar-refractivity contribution in [2.45, 2.75) is 94.9 Å². The summed E-state index contributed by atoms with van der Waals surface area (Å²) >= 11 is 0. The molecule has 16 nitrogen and oxygen atoms in total. The number of rotatable bonds is 13. The number of fused-ring (bicyclic) bond motifs is 3. The van der Waals surface area contributed by atoms with Gasteiger partial charge >= 0.3 is 0 Å². The van der Waals surface area contributed by atoms with Gasteiger partial charge in [0.1, 0.15) is 5.69 Å². The van der Waals surface area contributed by atoms with Crippen LogP contribution >= 0.6 is 0 Å². The van der Waals surface area contributed by atoms with Gasteiger partial charge in [0.15, 0.2) is 0 Å². The molecule has 0 bridgehead atoms. The Balaban J connectivity index is 0.000000140. The minimum absolute atomic E-state index is 0. The molecule has 0 unspecified atom stereocenters. The molecule has 0 aliphatic rings. The normalized spacial score (nSPS) is 10.6. The van der Waals surface area contributed by atoms with Crippen LogP contribution in [0, 0.1) is 98.8 Å². The van der Waals surface area contributed by atoms with Crippen LogP contribution in [0.5, 0.6) is 0 Å². The maximum absolute atomic E-state index is 7.25. The van der Waals surface area contributed by atoms with Crippen LogP contribution in [0.15, 0.2) is 330 Å². The van der Waals surface area contributed by atoms with Gasteiger partial charge in [-0.05, 0) is 186 Å². The first-order chi connectivity index (χ1) is 61.0. The first kappa shape index (κ1) is 93.4. The Hall–Kier alpha value is -13.8. The quantitative estimate of drug-likeness (QED) is 0.102. The van der Waals surface area contributed by atoms with Crippen molar-refractivity contribution in [3.63, 3.8) is 0 Å². The average Bonchev–Trinajstić information content (AvgIpc) is 1.45. The molecule has 0 spiro atoms. The van der Waals surface area contributed by atoms with Crippen LogP contribution < -0.4 is 0 Å². The van der Waals surface area contributed by atoms with E-state index in [1.54, 1.807) is 67.6 Å². The second-order valence-corrected chi connectivity index (χ2v) is 30.9. The van der Waals surface area contributed by atoms with E-state index in [0.29, 0.717) is 17.5 Å². The Kier molecular flexibility index (Phi) is 32.0. The average molecular weight is 2200 g/mol. The van der Waals surface area contributed by atoms with E-state index in [9.17, 15) is 0 Å². The summed E-state index contributed by atoms with van der Waals surface area (Å²) in [5, 5.41) is 3.39. The summed E-state index contributed by atoms with van der Waals surface area (Å²) in [6.07, 6.45) is 39.0. The Labute approximate surface area is 789 Å². The Morgan fingerprint density at radius 2 is 0.719 bits per heavy atom. The van der Waals surface area contributed by atoms with Gasteiger partial charge in [-0.15, -0.1) is 94.0 Å². The molecule has 0 aliphatic carbocycles. The second kappa shape index (κ2) is 43.9. The molecule has 0 atom stereocenters. The van der Waals surface area contributed by atoms with Crippen molar-refractivity contribution in [3.05, 3.63) is 434 Å². The third kappa shape index (κ3) is 21.5. The molecule has 128 heavy (non-hydrogen) atoms. The van der Waals surface area contributed by atoms with Crippen molar-refractivity contribution in [2.75, 3.05) is 0 Å². The van der Waals surface area contributed by atoms with E-state index >= 15 is 0 Å². The molecule has 19 heteroatoms. The van der Waals surface area contributed by atoms with Crippen molar-refractivity contribution in [2.24, 2.45) is 0 Å². The number of nitrogens with zero attached hydrogens (tertiary/aromatic N) is 16. The Morgan fingerprint density at radius 3 is 1.16 bits per heavy atom. The minimum atomic E-state index is 0. The SMILES string of the molecule is Cc1cccc(C)c1-c1ccnc(-n2[c-]cc3ccccc32)c1.Cc1cccc(C)c1-c1ccnc(-n2[c-]cc3ccncc32)c1.Cc1cccc(C)c1-c1ccnc(-n2[c-]cc3ccncc32)c1.Cc1cccc(C)c1-n1ccnc1-c1[c-]ccnc1.[C-]#[N+]c1cc[c-]c(-c2nccn2-c2c(C(C)C)cccc2C(C)C)c1.[Ir].[Ir].[Ir].[c-]1ccncc1-c1ccccn1. The van der Waals surface area contributed by atoms with E-state index in [1.165, 1.54) is 106 Å². The predicted molar refractivity (Wildman–Crippen MR) is 504 cm³/mol. The Bertz CT molecular complexity index is 6610. The predicted octanol–water partition coefficient (Wildman–Crippen LogP) is 25.5. The topological polar surface area (TPSA) is 158 Å². The second-order valence-electron chi connectivity index (χ2n) is 30.9. The van der Waals surface area contributed by atoms with Crippen molar-refractivity contribution in [3.8, 4) is 96.2 Å². The summed E-state index contributed by atoms with van der Waals surface area (Å²) in [6.45, 7) is 33.2. The third-order valence-electron chi connectivity index (χ3n) is 21.7. The summed E-state index contributed by atoms with van der Waals surface area (Å²) in [7, 11) is 0. The van der Waals surface area contributed by atoms with Crippen LogP contribution in [0.4, 0.5) is 5.69 Å². The van der Waals surface area contributed by atoms with Gasteiger partial charge in [-0.1, -0.05) is 245 Å². The van der Waals surface area contributed by atoms with Gasteiger partial charge in [0.05, 0.1) is 35.7 Å². The number of aryl methyl sites for hydroxylation is 8. The molecule has 0 saturated carbocycles. The monoisotopic (exact) mass is 2200 g/mol. The number of pyridine rings is 8. The molecule has 3 radical (unpaired) electrons. The summed E-state index contributed by atoms with van der Waals surface area (Å²) in [4.78, 5) is 46.8. The van der Waals surface area contributed by atoms with E-state index in [0.717, 1.165) is 78.8 Å². The number of hydrogen-bond donors (Lipinski definition) is 0. The van der Waals surface area contributed by atoms with Gasteiger partial charge in [-0.25, -0.2) is 0 Å². The van der Waals surface area contributed by atoms with Gasteiger partial charge in [0.2, 0.25) is 0 Å². The summed E-state index contributed by atoms with van der Waals surface area (Å²) in [5.74, 6) is 5.10. The van der Waals surface area contributed by atoms with Crippen LogP contribution in [0.2, 0.25) is 0 Å². The maximum atomic E-state index is 7.25. The van der Waals surface area contributed by atoms with Gasteiger partial charge in [0, 0.05) is 146 Å². The van der Waals surface area contributed by atoms with Crippen LogP contribution in [0.25, 0.3) is 134 Å². The van der Waals surface area contributed by atoms with Crippen molar-refractivity contribution < 1.29 is 60.3 Å². The van der Waals surface area contributed by atoms with E-state index in [2.05, 4.69) is 323 Å². The fraction of sp³-hybridized carbons (Fsp3) is 0.128. The van der Waals surface area contributed by atoms with Gasteiger partial charge in [0.25, 0.3) is 0 Å². The molecule has 20 aromatic rings. The molecule has 0 aliphatic heterocycles. The number of aromatic nitrogens is 15. The van der Waals surface area contributed by atoms with E-state index in [1.807, 2.05) is 136 Å². The molecule has 0 saturated heterocycles. The molecule has 0 fully saturated rings. The van der Waals surface area contributed by atoms with Crippen molar-refractivity contribution in [1.82, 2.24) is 72.7 Å². The van der Waals surface area contributed by atoms with Crippen LogP contribution in [0.1, 0.15) is 95.2 Å². The Morgan fingerprint density at radius 1 is 0.320 bits per heavy atom. The van der Waals surface area contributed by atoms with E-state index < -0.39 is 0 Å². The first-order valence-electron chi connectivity index (χ1n) is 41.4. The summed E-state index contributed by atoms with van der Waals surface area (Å²) in [5.41, 5.74) is 29.7. The van der Waals surface area contributed by atoms with E-state index in [4.69, 9.17) is 6.57 Å². The molecular weight excluding hydrogens is 2110 g/mol. The molecule has 13 heterocycles. The summed E-state index contributed by atoms with van der Waals surface area (Å²) in [6, 6.07) is 86.9. The minimum Gasteiger partial charge on any atom is -0.429 e. The standard InChI is InChI=1S/C22H22N3.C21H17N2.2C20H16N3.C16H14N3.C10H7N2.3Ir/c1-15(2)19-10-7-11-20(16(3)4)21(19)25-13-12-24-22(25)17-8-6-9-18(14-17)23-5;1-15-6-5-7-16(2)21(15)18-10-12-22-20(14-18)23-13-11-17-8-3-4-9-19(17)23;2*1-14-4-3-5-15(2)20(14)17-7-10-22-19(12-17)23-11-8-16-6-9-21-13-18(16)23;1-12-5-3-6-13(2)15(12)19-10-9-18-16(19)14-7-4-8-17-11-14;1-2-7-12-10(5-1)9-4-3-6-11-8-9;;;/h6-7,9-16H,1-4H3;3-12,14H,1-2H3;2*3-10,12-13H,1-2H3;3-6,8-11H,1-2H3;1-3,5-8H;;;/q6*-1;;;. The fourth-order valence-electron chi connectivity index (χ4n) is 15.7. The molecule has 13 aromatic heterocycles.